The van der Waals surface area contributed by atoms with Gasteiger partial charge in [0.1, 0.15) is 12.4 Å². The number of carbonyl (C=O) groups excluding carboxylic acids is 1. The van der Waals surface area contributed by atoms with Crippen molar-refractivity contribution in [2.24, 2.45) is 0 Å². The van der Waals surface area contributed by atoms with Gasteiger partial charge in [-0.15, -0.1) is 0 Å². The van der Waals surface area contributed by atoms with Crippen molar-refractivity contribution in [3.05, 3.63) is 59.9 Å². The average Bonchev–Trinajstić information content (AvgIpc) is 3.16. The molecule has 2 N–H and O–H groups in total. The fourth-order valence-corrected chi connectivity index (χ4v) is 2.82. The first-order valence-corrected chi connectivity index (χ1v) is 8.39. The maximum absolute atomic E-state index is 12.2. The highest BCUT2D eigenvalue weighted by molar-refractivity contribution is 5.82. The Bertz CT molecular complexity index is 669. The number of hydrogen-bond acceptors (Lipinski definition) is 4. The molecule has 5 nitrogen and oxygen atoms in total. The zero-order valence-corrected chi connectivity index (χ0v) is 13.9. The molecule has 1 aliphatic heterocycles. The number of nitrogens with one attached hydrogen (secondary N) is 2. The van der Waals surface area contributed by atoms with Crippen LogP contribution in [0.15, 0.2) is 48.7 Å². The molecule has 0 spiro atoms. The Hall–Kier alpha value is -2.40. The van der Waals surface area contributed by atoms with Crippen molar-refractivity contribution in [1.29, 1.82) is 0 Å². The normalized spacial score (nSPS) is 18.1. The summed E-state index contributed by atoms with van der Waals surface area (Å²) in [4.78, 5) is 16.5. The SMILES string of the molecule is CC(NC(=O)C1CCCN1)c1cccc(OCc2ccccn2)c1. The molecule has 5 heteroatoms. The van der Waals surface area contributed by atoms with Crippen LogP contribution in [0.5, 0.6) is 5.75 Å². The van der Waals surface area contributed by atoms with Gasteiger partial charge in [-0.1, -0.05) is 18.2 Å². The molecule has 2 atom stereocenters. The second-order valence-electron chi connectivity index (χ2n) is 6.06. The molecular weight excluding hydrogens is 302 g/mol. The minimum absolute atomic E-state index is 0.0571. The van der Waals surface area contributed by atoms with E-state index in [2.05, 4.69) is 15.6 Å². The first-order valence-electron chi connectivity index (χ1n) is 8.39. The highest BCUT2D eigenvalue weighted by atomic mass is 16.5. The predicted molar refractivity (Wildman–Crippen MR) is 92.6 cm³/mol. The van der Waals surface area contributed by atoms with Crippen LogP contribution in [0.25, 0.3) is 0 Å². The van der Waals surface area contributed by atoms with Crippen LogP contribution in [0, 0.1) is 0 Å². The lowest BCUT2D eigenvalue weighted by atomic mass is 10.1. The number of ether oxygens (including phenoxy) is 1. The van der Waals surface area contributed by atoms with Crippen molar-refractivity contribution in [3.8, 4) is 5.75 Å². The molecule has 0 bridgehead atoms. The largest absolute Gasteiger partial charge is 0.487 e. The number of nitrogens with zero attached hydrogens (tertiary/aromatic N) is 1. The van der Waals surface area contributed by atoms with Crippen molar-refractivity contribution in [1.82, 2.24) is 15.6 Å². The number of pyridine rings is 1. The minimum Gasteiger partial charge on any atom is -0.487 e. The van der Waals surface area contributed by atoms with Crippen LogP contribution in [-0.4, -0.2) is 23.5 Å². The van der Waals surface area contributed by atoms with E-state index in [0.717, 1.165) is 36.4 Å². The molecule has 1 fully saturated rings. The van der Waals surface area contributed by atoms with Gasteiger partial charge in [-0.2, -0.15) is 0 Å². The highest BCUT2D eigenvalue weighted by Crippen LogP contribution is 2.20. The van der Waals surface area contributed by atoms with Crippen molar-refractivity contribution in [3.63, 3.8) is 0 Å². The average molecular weight is 325 g/mol. The van der Waals surface area contributed by atoms with Crippen LogP contribution in [0.4, 0.5) is 0 Å². The van der Waals surface area contributed by atoms with Crippen molar-refractivity contribution < 1.29 is 9.53 Å². The van der Waals surface area contributed by atoms with Gasteiger partial charge < -0.3 is 15.4 Å². The molecule has 2 heterocycles. The van der Waals surface area contributed by atoms with E-state index in [0.29, 0.717) is 6.61 Å². The van der Waals surface area contributed by atoms with E-state index < -0.39 is 0 Å². The molecule has 0 saturated carbocycles. The first-order chi connectivity index (χ1) is 11.7. The number of hydrogen-bond donors (Lipinski definition) is 2. The van der Waals surface area contributed by atoms with Crippen molar-refractivity contribution in [2.45, 2.75) is 38.5 Å². The van der Waals surface area contributed by atoms with Crippen molar-refractivity contribution >= 4 is 5.91 Å². The Morgan fingerprint density at radius 2 is 2.29 bits per heavy atom. The fourth-order valence-electron chi connectivity index (χ4n) is 2.82. The smallest absolute Gasteiger partial charge is 0.237 e. The standard InChI is InChI=1S/C19H23N3O2/c1-14(22-19(23)18-9-5-11-21-18)15-6-4-8-17(12-15)24-13-16-7-2-3-10-20-16/h2-4,6-8,10,12,14,18,21H,5,9,11,13H2,1H3,(H,22,23). The summed E-state index contributed by atoms with van der Waals surface area (Å²) in [6.07, 6.45) is 3.72. The Morgan fingerprint density at radius 3 is 3.04 bits per heavy atom. The van der Waals surface area contributed by atoms with Gasteiger partial charge in [0.15, 0.2) is 0 Å². The first kappa shape index (κ1) is 16.5. The third-order valence-electron chi connectivity index (χ3n) is 4.21. The number of benzene rings is 1. The van der Waals surface area contributed by atoms with E-state index >= 15 is 0 Å². The van der Waals surface area contributed by atoms with Crippen molar-refractivity contribution in [2.75, 3.05) is 6.54 Å². The summed E-state index contributed by atoms with van der Waals surface area (Å²) in [5.41, 5.74) is 1.91. The highest BCUT2D eigenvalue weighted by Gasteiger charge is 2.23. The molecule has 3 rings (SSSR count). The molecule has 1 aliphatic rings. The number of carbonyl (C=O) groups is 1. The predicted octanol–water partition coefficient (Wildman–Crippen LogP) is 2.59. The molecule has 0 radical (unpaired) electrons. The molecule has 1 amide bonds. The zero-order chi connectivity index (χ0) is 16.8. The van der Waals surface area contributed by atoms with Crippen LogP contribution in [0.1, 0.15) is 37.1 Å². The Labute approximate surface area is 142 Å². The number of aromatic nitrogens is 1. The molecule has 1 aromatic heterocycles. The lowest BCUT2D eigenvalue weighted by Gasteiger charge is -2.18. The van der Waals surface area contributed by atoms with E-state index in [9.17, 15) is 4.79 Å². The lowest BCUT2D eigenvalue weighted by Crippen LogP contribution is -2.41. The third-order valence-corrected chi connectivity index (χ3v) is 4.21. The van der Waals surface area contributed by atoms with E-state index in [1.807, 2.05) is 49.4 Å². The molecule has 2 unspecified atom stereocenters. The fraction of sp³-hybridized carbons (Fsp3) is 0.368. The molecule has 24 heavy (non-hydrogen) atoms. The van der Waals surface area contributed by atoms with Crippen LogP contribution in [0.2, 0.25) is 0 Å². The minimum atomic E-state index is -0.0592. The molecule has 126 valence electrons. The van der Waals surface area contributed by atoms with Gasteiger partial charge in [-0.05, 0) is 56.1 Å². The van der Waals surface area contributed by atoms with Crippen LogP contribution in [-0.2, 0) is 11.4 Å². The van der Waals surface area contributed by atoms with Crippen LogP contribution >= 0.6 is 0 Å². The van der Waals surface area contributed by atoms with E-state index in [1.165, 1.54) is 0 Å². The maximum atomic E-state index is 12.2. The summed E-state index contributed by atoms with van der Waals surface area (Å²) >= 11 is 0. The summed E-state index contributed by atoms with van der Waals surface area (Å²) in [6, 6.07) is 13.5. The Kier molecular flexibility index (Phi) is 5.43. The van der Waals surface area contributed by atoms with Gasteiger partial charge in [0, 0.05) is 6.20 Å². The van der Waals surface area contributed by atoms with Gasteiger partial charge in [0.2, 0.25) is 5.91 Å². The summed E-state index contributed by atoms with van der Waals surface area (Å²) in [5.74, 6) is 0.845. The Morgan fingerprint density at radius 1 is 1.38 bits per heavy atom. The lowest BCUT2D eigenvalue weighted by molar-refractivity contribution is -0.123. The zero-order valence-electron chi connectivity index (χ0n) is 13.9. The van der Waals surface area contributed by atoms with Gasteiger partial charge in [0.05, 0.1) is 17.8 Å². The Balaban J connectivity index is 1.58. The quantitative estimate of drug-likeness (QED) is 0.857. The summed E-state index contributed by atoms with van der Waals surface area (Å²) < 4.78 is 5.80. The van der Waals surface area contributed by atoms with Gasteiger partial charge in [-0.25, -0.2) is 0 Å². The maximum Gasteiger partial charge on any atom is 0.237 e. The molecule has 1 aromatic carbocycles. The molecule has 1 saturated heterocycles. The number of rotatable bonds is 6. The summed E-state index contributed by atoms with van der Waals surface area (Å²) in [6.45, 7) is 3.34. The van der Waals surface area contributed by atoms with E-state index in [4.69, 9.17) is 4.74 Å². The topological polar surface area (TPSA) is 63.2 Å². The van der Waals surface area contributed by atoms with E-state index in [-0.39, 0.29) is 18.0 Å². The summed E-state index contributed by atoms with van der Waals surface area (Å²) in [5, 5.41) is 6.29. The second-order valence-corrected chi connectivity index (χ2v) is 6.06. The van der Waals surface area contributed by atoms with Gasteiger partial charge in [0.25, 0.3) is 0 Å². The molecular formula is C19H23N3O2. The van der Waals surface area contributed by atoms with Gasteiger partial charge in [-0.3, -0.25) is 9.78 Å². The molecule has 2 aromatic rings. The third kappa shape index (κ3) is 4.32. The summed E-state index contributed by atoms with van der Waals surface area (Å²) in [7, 11) is 0. The molecule has 0 aliphatic carbocycles. The number of amides is 1. The van der Waals surface area contributed by atoms with Crippen LogP contribution in [0.3, 0.4) is 0 Å². The van der Waals surface area contributed by atoms with E-state index in [1.54, 1.807) is 6.20 Å². The monoisotopic (exact) mass is 325 g/mol. The van der Waals surface area contributed by atoms with Crippen LogP contribution < -0.4 is 15.4 Å². The van der Waals surface area contributed by atoms with Gasteiger partial charge >= 0.3 is 0 Å². The second kappa shape index (κ2) is 7.93.